The van der Waals surface area contributed by atoms with Crippen LogP contribution in [0.4, 0.5) is 0 Å². The van der Waals surface area contributed by atoms with E-state index in [-0.39, 0.29) is 10.6 Å². The third-order valence-corrected chi connectivity index (χ3v) is 2.95. The van der Waals surface area contributed by atoms with E-state index in [0.717, 1.165) is 11.1 Å². The first-order chi connectivity index (χ1) is 8.11. The monoisotopic (exact) mass is 247 g/mol. The summed E-state index contributed by atoms with van der Waals surface area (Å²) < 4.78 is 0. The van der Waals surface area contributed by atoms with Crippen molar-refractivity contribution in [3.8, 4) is 11.1 Å². The van der Waals surface area contributed by atoms with Crippen LogP contribution in [-0.4, -0.2) is 16.1 Å². The number of aryl methyl sites for hydroxylation is 1. The molecule has 0 unspecified atom stereocenters. The van der Waals surface area contributed by atoms with Gasteiger partial charge in [0.15, 0.2) is 0 Å². The van der Waals surface area contributed by atoms with Crippen molar-refractivity contribution < 1.29 is 9.90 Å². The molecule has 1 heterocycles. The normalized spacial score (nSPS) is 10.2. The average Bonchev–Trinajstić information content (AvgIpc) is 2.30. The van der Waals surface area contributed by atoms with Gasteiger partial charge in [-0.3, -0.25) is 4.98 Å². The minimum absolute atomic E-state index is 0.111. The van der Waals surface area contributed by atoms with E-state index in [0.29, 0.717) is 5.56 Å². The zero-order valence-corrected chi connectivity index (χ0v) is 9.90. The number of aromatic carboxylic acids is 1. The standard InChI is InChI=1S/C13H10ClNO2/c1-8-7-15-6-5-9(8)10-3-2-4-11(12(10)14)13(16)17/h2-7H,1H3,(H,16,17). The van der Waals surface area contributed by atoms with Crippen molar-refractivity contribution in [1.82, 2.24) is 4.98 Å². The van der Waals surface area contributed by atoms with Crippen LogP contribution >= 0.6 is 11.6 Å². The topological polar surface area (TPSA) is 50.2 Å². The first kappa shape index (κ1) is 11.6. The summed E-state index contributed by atoms with van der Waals surface area (Å²) in [4.78, 5) is 15.0. The van der Waals surface area contributed by atoms with Crippen molar-refractivity contribution in [3.63, 3.8) is 0 Å². The summed E-state index contributed by atoms with van der Waals surface area (Å²) in [5.41, 5.74) is 2.68. The molecule has 0 radical (unpaired) electrons. The van der Waals surface area contributed by atoms with E-state index in [1.165, 1.54) is 6.07 Å². The molecule has 2 aromatic rings. The van der Waals surface area contributed by atoms with E-state index in [9.17, 15) is 4.79 Å². The highest BCUT2D eigenvalue weighted by molar-refractivity contribution is 6.36. The van der Waals surface area contributed by atoms with Crippen LogP contribution in [0.3, 0.4) is 0 Å². The fourth-order valence-corrected chi connectivity index (χ4v) is 1.99. The summed E-state index contributed by atoms with van der Waals surface area (Å²) >= 11 is 6.11. The molecule has 0 saturated heterocycles. The zero-order valence-electron chi connectivity index (χ0n) is 9.14. The van der Waals surface area contributed by atoms with E-state index in [4.69, 9.17) is 16.7 Å². The quantitative estimate of drug-likeness (QED) is 0.885. The van der Waals surface area contributed by atoms with Gasteiger partial charge in [-0.1, -0.05) is 23.7 Å². The summed E-state index contributed by atoms with van der Waals surface area (Å²) in [5.74, 6) is -1.02. The molecule has 17 heavy (non-hydrogen) atoms. The molecule has 1 aromatic carbocycles. The molecule has 0 fully saturated rings. The zero-order chi connectivity index (χ0) is 12.4. The first-order valence-electron chi connectivity index (χ1n) is 5.04. The number of nitrogens with zero attached hydrogens (tertiary/aromatic N) is 1. The maximum absolute atomic E-state index is 11.0. The third-order valence-electron chi connectivity index (χ3n) is 2.54. The molecule has 0 spiro atoms. The number of pyridine rings is 1. The number of hydrogen-bond acceptors (Lipinski definition) is 2. The van der Waals surface area contributed by atoms with Crippen molar-refractivity contribution in [2.75, 3.05) is 0 Å². The highest BCUT2D eigenvalue weighted by atomic mass is 35.5. The first-order valence-corrected chi connectivity index (χ1v) is 5.42. The van der Waals surface area contributed by atoms with Crippen molar-refractivity contribution in [2.24, 2.45) is 0 Å². The predicted molar refractivity (Wildman–Crippen MR) is 66.4 cm³/mol. The number of aromatic nitrogens is 1. The van der Waals surface area contributed by atoms with Crippen LogP contribution in [-0.2, 0) is 0 Å². The Labute approximate surface area is 104 Å². The second-order valence-corrected chi connectivity index (χ2v) is 4.04. The molecule has 0 aliphatic carbocycles. The number of carbonyl (C=O) groups is 1. The summed E-state index contributed by atoms with van der Waals surface area (Å²) in [7, 11) is 0. The lowest BCUT2D eigenvalue weighted by molar-refractivity contribution is 0.0697. The Hall–Kier alpha value is -1.87. The number of halogens is 1. The van der Waals surface area contributed by atoms with Gasteiger partial charge in [0.05, 0.1) is 10.6 Å². The summed E-state index contributed by atoms with van der Waals surface area (Å²) in [6.07, 6.45) is 3.38. The highest BCUT2D eigenvalue weighted by Crippen LogP contribution is 2.32. The van der Waals surface area contributed by atoms with Crippen LogP contribution in [0.15, 0.2) is 36.7 Å². The van der Waals surface area contributed by atoms with Gasteiger partial charge in [0, 0.05) is 18.0 Å². The molecule has 4 heteroatoms. The molecule has 0 atom stereocenters. The minimum Gasteiger partial charge on any atom is -0.478 e. The van der Waals surface area contributed by atoms with E-state index in [1.54, 1.807) is 24.5 Å². The molecule has 86 valence electrons. The summed E-state index contributed by atoms with van der Waals surface area (Å²) in [6.45, 7) is 1.91. The minimum atomic E-state index is -1.02. The largest absolute Gasteiger partial charge is 0.478 e. The van der Waals surface area contributed by atoms with Crippen LogP contribution in [0.25, 0.3) is 11.1 Å². The second kappa shape index (κ2) is 4.55. The fourth-order valence-electron chi connectivity index (χ4n) is 1.68. The molecule has 1 aromatic heterocycles. The summed E-state index contributed by atoms with van der Waals surface area (Å²) in [5, 5.41) is 9.27. The highest BCUT2D eigenvalue weighted by Gasteiger charge is 2.14. The van der Waals surface area contributed by atoms with Crippen LogP contribution in [0.5, 0.6) is 0 Å². The van der Waals surface area contributed by atoms with Crippen molar-refractivity contribution >= 4 is 17.6 Å². The SMILES string of the molecule is Cc1cnccc1-c1cccc(C(=O)O)c1Cl. The molecule has 0 aliphatic heterocycles. The van der Waals surface area contributed by atoms with E-state index in [1.807, 2.05) is 13.0 Å². The van der Waals surface area contributed by atoms with Crippen molar-refractivity contribution in [2.45, 2.75) is 6.92 Å². The van der Waals surface area contributed by atoms with Gasteiger partial charge in [-0.25, -0.2) is 4.79 Å². The smallest absolute Gasteiger partial charge is 0.337 e. The number of benzene rings is 1. The molecule has 0 amide bonds. The van der Waals surface area contributed by atoms with Gasteiger partial charge < -0.3 is 5.11 Å². The van der Waals surface area contributed by atoms with Gasteiger partial charge in [-0.15, -0.1) is 0 Å². The van der Waals surface area contributed by atoms with Gasteiger partial charge in [0.25, 0.3) is 0 Å². The van der Waals surface area contributed by atoms with E-state index >= 15 is 0 Å². The van der Waals surface area contributed by atoms with Gasteiger partial charge in [0.2, 0.25) is 0 Å². The number of carboxylic acid groups (broad SMARTS) is 1. The Kier molecular flexibility index (Phi) is 3.11. The van der Waals surface area contributed by atoms with Crippen LogP contribution in [0.2, 0.25) is 5.02 Å². The maximum atomic E-state index is 11.0. The third kappa shape index (κ3) is 2.15. The van der Waals surface area contributed by atoms with Gasteiger partial charge in [0.1, 0.15) is 0 Å². The lowest BCUT2D eigenvalue weighted by atomic mass is 10.0. The number of hydrogen-bond donors (Lipinski definition) is 1. The molecule has 0 aliphatic rings. The lowest BCUT2D eigenvalue weighted by Crippen LogP contribution is -1.98. The molecule has 2 rings (SSSR count). The Morgan fingerprint density at radius 3 is 2.71 bits per heavy atom. The Bertz CT molecular complexity index is 581. The van der Waals surface area contributed by atoms with Crippen LogP contribution in [0, 0.1) is 6.92 Å². The fraction of sp³-hybridized carbons (Fsp3) is 0.0769. The number of carboxylic acids is 1. The molecular weight excluding hydrogens is 238 g/mol. The molecule has 3 nitrogen and oxygen atoms in total. The predicted octanol–water partition coefficient (Wildman–Crippen LogP) is 3.41. The average molecular weight is 248 g/mol. The molecule has 0 bridgehead atoms. The second-order valence-electron chi connectivity index (χ2n) is 3.66. The Balaban J connectivity index is 2.65. The lowest BCUT2D eigenvalue weighted by Gasteiger charge is -2.09. The number of rotatable bonds is 2. The van der Waals surface area contributed by atoms with Gasteiger partial charge >= 0.3 is 5.97 Å². The van der Waals surface area contributed by atoms with Crippen LogP contribution < -0.4 is 0 Å². The summed E-state index contributed by atoms with van der Waals surface area (Å²) in [6, 6.07) is 6.80. The maximum Gasteiger partial charge on any atom is 0.337 e. The Morgan fingerprint density at radius 1 is 1.29 bits per heavy atom. The van der Waals surface area contributed by atoms with Crippen molar-refractivity contribution in [3.05, 3.63) is 52.8 Å². The molecule has 0 saturated carbocycles. The molecule has 1 N–H and O–H groups in total. The van der Waals surface area contributed by atoms with E-state index in [2.05, 4.69) is 4.98 Å². The van der Waals surface area contributed by atoms with Gasteiger partial charge in [-0.2, -0.15) is 0 Å². The van der Waals surface area contributed by atoms with Gasteiger partial charge in [-0.05, 0) is 30.2 Å². The van der Waals surface area contributed by atoms with Crippen molar-refractivity contribution in [1.29, 1.82) is 0 Å². The Morgan fingerprint density at radius 2 is 2.06 bits per heavy atom. The molecular formula is C13H10ClNO2. The van der Waals surface area contributed by atoms with Crippen LogP contribution in [0.1, 0.15) is 15.9 Å². The van der Waals surface area contributed by atoms with E-state index < -0.39 is 5.97 Å².